The number of ketones is 1. The van der Waals surface area contributed by atoms with Crippen LogP contribution in [-0.4, -0.2) is 33.9 Å². The van der Waals surface area contributed by atoms with E-state index in [4.69, 9.17) is 0 Å². The van der Waals surface area contributed by atoms with Crippen molar-refractivity contribution in [3.05, 3.63) is 22.5 Å². The van der Waals surface area contributed by atoms with E-state index >= 15 is 0 Å². The van der Waals surface area contributed by atoms with E-state index in [9.17, 15) is 14.7 Å². The molecule has 1 amide bonds. The van der Waals surface area contributed by atoms with Crippen LogP contribution in [-0.2, 0) is 6.42 Å². The minimum Gasteiger partial charge on any atom is -0.394 e. The fourth-order valence-corrected chi connectivity index (χ4v) is 3.01. The maximum absolute atomic E-state index is 12.6. The second-order valence-corrected chi connectivity index (χ2v) is 6.19. The van der Waals surface area contributed by atoms with E-state index in [2.05, 4.69) is 10.3 Å². The van der Waals surface area contributed by atoms with Crippen molar-refractivity contribution < 1.29 is 14.7 Å². The smallest absolute Gasteiger partial charge is 0.268 e. The first-order chi connectivity index (χ1) is 9.84. The van der Waals surface area contributed by atoms with Gasteiger partial charge in [-0.3, -0.25) is 9.59 Å². The topological polar surface area (TPSA) is 82.2 Å². The predicted octanol–water partition coefficient (Wildman–Crippen LogP) is 1.98. The van der Waals surface area contributed by atoms with Crippen LogP contribution in [0, 0.1) is 12.8 Å². The van der Waals surface area contributed by atoms with Crippen LogP contribution in [0.25, 0.3) is 0 Å². The molecule has 1 unspecified atom stereocenters. The summed E-state index contributed by atoms with van der Waals surface area (Å²) in [4.78, 5) is 27.3. The summed E-state index contributed by atoms with van der Waals surface area (Å²) in [6, 6.07) is 0. The van der Waals surface area contributed by atoms with E-state index in [1.54, 1.807) is 6.92 Å². The zero-order valence-electron chi connectivity index (χ0n) is 13.2. The van der Waals surface area contributed by atoms with Gasteiger partial charge in [-0.1, -0.05) is 6.92 Å². The van der Waals surface area contributed by atoms with Gasteiger partial charge in [0.05, 0.1) is 12.1 Å². The SMILES string of the molecule is CCc1c(C(=O)NC(C)(CO)C2CC2)[nH]c(C)c1C(C)=O. The molecule has 21 heavy (non-hydrogen) atoms. The third-order valence-electron chi connectivity index (χ3n) is 4.43. The van der Waals surface area contributed by atoms with Crippen LogP contribution in [0.2, 0.25) is 0 Å². The molecule has 1 aromatic heterocycles. The first kappa shape index (κ1) is 15.8. The Labute approximate surface area is 125 Å². The molecule has 0 radical (unpaired) electrons. The molecule has 2 rings (SSSR count). The van der Waals surface area contributed by atoms with Gasteiger partial charge in [0.1, 0.15) is 5.69 Å². The van der Waals surface area contributed by atoms with Gasteiger partial charge in [-0.05, 0) is 51.5 Å². The standard InChI is InChI=1S/C16H24N2O3/c1-5-12-13(10(3)20)9(2)17-14(12)15(21)18-16(4,8-19)11-6-7-11/h11,17,19H,5-8H2,1-4H3,(H,18,21). The molecule has 1 fully saturated rings. The van der Waals surface area contributed by atoms with Gasteiger partial charge in [0.25, 0.3) is 5.91 Å². The summed E-state index contributed by atoms with van der Waals surface area (Å²) in [5.74, 6) is 0.0533. The normalized spacial score (nSPS) is 17.4. The molecule has 116 valence electrons. The molecule has 1 heterocycles. The minimum absolute atomic E-state index is 0.0354. The fourth-order valence-electron chi connectivity index (χ4n) is 3.01. The van der Waals surface area contributed by atoms with Crippen molar-refractivity contribution in [3.8, 4) is 0 Å². The number of rotatable bonds is 6. The number of aromatic nitrogens is 1. The van der Waals surface area contributed by atoms with Crippen molar-refractivity contribution in [2.75, 3.05) is 6.61 Å². The lowest BCUT2D eigenvalue weighted by molar-refractivity contribution is 0.0819. The van der Waals surface area contributed by atoms with E-state index < -0.39 is 5.54 Å². The van der Waals surface area contributed by atoms with Crippen LogP contribution < -0.4 is 5.32 Å². The van der Waals surface area contributed by atoms with Crippen LogP contribution >= 0.6 is 0 Å². The van der Waals surface area contributed by atoms with E-state index in [-0.39, 0.29) is 18.3 Å². The quantitative estimate of drug-likeness (QED) is 0.701. The molecule has 1 aromatic rings. The van der Waals surface area contributed by atoms with E-state index in [1.165, 1.54) is 6.92 Å². The number of carbonyl (C=O) groups is 2. The lowest BCUT2D eigenvalue weighted by Crippen LogP contribution is -2.51. The second-order valence-electron chi connectivity index (χ2n) is 6.19. The zero-order chi connectivity index (χ0) is 15.8. The molecule has 0 bridgehead atoms. The number of hydrogen-bond donors (Lipinski definition) is 3. The average molecular weight is 292 g/mol. The number of hydrogen-bond acceptors (Lipinski definition) is 3. The largest absolute Gasteiger partial charge is 0.394 e. The Hall–Kier alpha value is -1.62. The van der Waals surface area contributed by atoms with E-state index in [0.29, 0.717) is 23.6 Å². The van der Waals surface area contributed by atoms with Crippen molar-refractivity contribution in [2.45, 2.75) is 52.5 Å². The van der Waals surface area contributed by atoms with Gasteiger partial charge in [0.2, 0.25) is 0 Å². The summed E-state index contributed by atoms with van der Waals surface area (Å²) < 4.78 is 0. The molecule has 5 heteroatoms. The summed E-state index contributed by atoms with van der Waals surface area (Å²) in [5.41, 5.74) is 1.95. The maximum Gasteiger partial charge on any atom is 0.268 e. The van der Waals surface area contributed by atoms with Gasteiger partial charge >= 0.3 is 0 Å². The van der Waals surface area contributed by atoms with Gasteiger partial charge in [-0.15, -0.1) is 0 Å². The Morgan fingerprint density at radius 3 is 2.48 bits per heavy atom. The van der Waals surface area contributed by atoms with Crippen molar-refractivity contribution in [2.24, 2.45) is 5.92 Å². The molecular weight excluding hydrogens is 268 g/mol. The van der Waals surface area contributed by atoms with Gasteiger partial charge in [-0.25, -0.2) is 0 Å². The third kappa shape index (κ3) is 2.88. The van der Waals surface area contributed by atoms with Crippen LogP contribution in [0.4, 0.5) is 0 Å². The summed E-state index contributed by atoms with van der Waals surface area (Å²) in [6.45, 7) is 7.04. The van der Waals surface area contributed by atoms with Crippen LogP contribution in [0.3, 0.4) is 0 Å². The molecular formula is C16H24N2O3. The number of aliphatic hydroxyl groups excluding tert-OH is 1. The third-order valence-corrected chi connectivity index (χ3v) is 4.43. The molecule has 3 N–H and O–H groups in total. The maximum atomic E-state index is 12.6. The Morgan fingerprint density at radius 1 is 1.43 bits per heavy atom. The highest BCUT2D eigenvalue weighted by Crippen LogP contribution is 2.39. The summed E-state index contributed by atoms with van der Waals surface area (Å²) >= 11 is 0. The number of carbonyl (C=O) groups excluding carboxylic acids is 2. The van der Waals surface area contributed by atoms with Gasteiger partial charge < -0.3 is 15.4 Å². The molecule has 0 saturated heterocycles. The monoisotopic (exact) mass is 292 g/mol. The first-order valence-corrected chi connectivity index (χ1v) is 7.49. The molecule has 5 nitrogen and oxygen atoms in total. The Kier molecular flexibility index (Phi) is 4.23. The lowest BCUT2D eigenvalue weighted by Gasteiger charge is -2.28. The molecule has 0 aliphatic heterocycles. The van der Waals surface area contributed by atoms with Crippen LogP contribution in [0.5, 0.6) is 0 Å². The minimum atomic E-state index is -0.586. The Bertz CT molecular complexity index is 572. The summed E-state index contributed by atoms with van der Waals surface area (Å²) in [7, 11) is 0. The first-order valence-electron chi connectivity index (χ1n) is 7.49. The van der Waals surface area contributed by atoms with E-state index in [0.717, 1.165) is 24.1 Å². The van der Waals surface area contributed by atoms with Crippen molar-refractivity contribution in [1.29, 1.82) is 0 Å². The number of aryl methyl sites for hydroxylation is 1. The lowest BCUT2D eigenvalue weighted by atomic mass is 9.96. The van der Waals surface area contributed by atoms with Gasteiger partial charge in [0.15, 0.2) is 5.78 Å². The molecule has 0 spiro atoms. The van der Waals surface area contributed by atoms with Crippen molar-refractivity contribution >= 4 is 11.7 Å². The van der Waals surface area contributed by atoms with Gasteiger partial charge in [0, 0.05) is 11.3 Å². The second kappa shape index (κ2) is 5.64. The van der Waals surface area contributed by atoms with E-state index in [1.807, 2.05) is 13.8 Å². The van der Waals surface area contributed by atoms with Crippen LogP contribution in [0.15, 0.2) is 0 Å². The number of amides is 1. The number of aliphatic hydroxyl groups is 1. The molecule has 1 aliphatic carbocycles. The molecule has 0 aromatic carbocycles. The van der Waals surface area contributed by atoms with Crippen molar-refractivity contribution in [3.63, 3.8) is 0 Å². The highest BCUT2D eigenvalue weighted by molar-refractivity contribution is 6.02. The highest BCUT2D eigenvalue weighted by atomic mass is 16.3. The molecule has 1 aliphatic rings. The zero-order valence-corrected chi connectivity index (χ0v) is 13.2. The van der Waals surface area contributed by atoms with Gasteiger partial charge in [-0.2, -0.15) is 0 Å². The highest BCUT2D eigenvalue weighted by Gasteiger charge is 2.42. The number of H-pyrrole nitrogens is 1. The summed E-state index contributed by atoms with van der Waals surface area (Å²) in [6.07, 6.45) is 2.67. The van der Waals surface area contributed by atoms with Crippen LogP contribution in [0.1, 0.15) is 65.7 Å². The predicted molar refractivity (Wildman–Crippen MR) is 80.6 cm³/mol. The Morgan fingerprint density at radius 2 is 2.05 bits per heavy atom. The number of aromatic amines is 1. The fraction of sp³-hybridized carbons (Fsp3) is 0.625. The number of Topliss-reactive ketones (excluding diaryl/α,β-unsaturated/α-hetero) is 1. The Balaban J connectivity index is 2.31. The average Bonchev–Trinajstić information content (AvgIpc) is 3.21. The molecule has 1 saturated carbocycles. The number of nitrogens with one attached hydrogen (secondary N) is 2. The summed E-state index contributed by atoms with van der Waals surface area (Å²) in [5, 5.41) is 12.5. The van der Waals surface area contributed by atoms with Crippen molar-refractivity contribution in [1.82, 2.24) is 10.3 Å². The molecule has 1 atom stereocenters.